The third-order valence-corrected chi connectivity index (χ3v) is 9.37. The molecule has 1 aliphatic heterocycles. The van der Waals surface area contributed by atoms with Crippen LogP contribution >= 0.6 is 0 Å². The van der Waals surface area contributed by atoms with Crippen molar-refractivity contribution in [1.82, 2.24) is 19.8 Å². The van der Waals surface area contributed by atoms with Gasteiger partial charge in [0.2, 0.25) is 21.8 Å². The van der Waals surface area contributed by atoms with E-state index in [0.29, 0.717) is 51.4 Å². The summed E-state index contributed by atoms with van der Waals surface area (Å²) in [4.78, 5) is 32.0. The third-order valence-electron chi connectivity index (χ3n) is 7.81. The van der Waals surface area contributed by atoms with E-state index >= 15 is 0 Å². The Morgan fingerprint density at radius 3 is 2.24 bits per heavy atom. The molecule has 0 saturated carbocycles. The maximum Gasteiger partial charge on any atom is 0.243 e. The summed E-state index contributed by atoms with van der Waals surface area (Å²) in [6, 6.07) is 23.0. The fourth-order valence-corrected chi connectivity index (χ4v) is 6.31. The molecule has 0 spiro atoms. The van der Waals surface area contributed by atoms with Crippen LogP contribution in [-0.4, -0.2) is 89.1 Å². The molecule has 242 valence electrons. The second kappa shape index (κ2) is 17.1. The Balaban J connectivity index is 1.54. The Hall–Kier alpha value is -3.77. The number of sulfonamides is 1. The van der Waals surface area contributed by atoms with Crippen molar-refractivity contribution in [3.63, 3.8) is 0 Å². The predicted molar refractivity (Wildman–Crippen MR) is 173 cm³/mol. The van der Waals surface area contributed by atoms with Gasteiger partial charge in [-0.05, 0) is 47.4 Å². The number of nitrogens with zero attached hydrogens (tertiary/aromatic N) is 2. The molecule has 0 aromatic heterocycles. The van der Waals surface area contributed by atoms with Crippen LogP contribution in [0.15, 0.2) is 83.8 Å². The second-order valence-electron chi connectivity index (χ2n) is 11.0. The largest absolute Gasteiger partial charge is 0.497 e. The highest BCUT2D eigenvalue weighted by Gasteiger charge is 2.30. The lowest BCUT2D eigenvalue weighted by molar-refractivity contribution is -0.141. The average molecular weight is 637 g/mol. The molecule has 10 nitrogen and oxygen atoms in total. The molecule has 11 heteroatoms. The number of carbonyl (C=O) groups excluding carboxylic acids is 2. The van der Waals surface area contributed by atoms with Gasteiger partial charge in [0, 0.05) is 52.1 Å². The number of carbonyl (C=O) groups is 2. The minimum absolute atomic E-state index is 0.155. The quantitative estimate of drug-likeness (QED) is 0.248. The zero-order valence-electron chi connectivity index (χ0n) is 26.1. The number of aryl methyl sites for hydroxylation is 1. The Labute approximate surface area is 266 Å². The summed E-state index contributed by atoms with van der Waals surface area (Å²) in [5.41, 5.74) is 2.66. The van der Waals surface area contributed by atoms with Gasteiger partial charge in [-0.2, -0.15) is 0 Å². The summed E-state index contributed by atoms with van der Waals surface area (Å²) in [5.74, 6) is 0.337. The van der Waals surface area contributed by atoms with Crippen LogP contribution in [0.3, 0.4) is 0 Å². The van der Waals surface area contributed by atoms with E-state index in [-0.39, 0.29) is 29.7 Å². The number of hydrogen-bond donors (Lipinski definition) is 2. The van der Waals surface area contributed by atoms with Crippen molar-refractivity contribution >= 4 is 21.8 Å². The fourth-order valence-electron chi connectivity index (χ4n) is 5.26. The van der Waals surface area contributed by atoms with Crippen molar-refractivity contribution in [2.45, 2.75) is 43.7 Å². The van der Waals surface area contributed by atoms with E-state index in [2.05, 4.69) is 14.9 Å². The number of amides is 2. The van der Waals surface area contributed by atoms with Crippen molar-refractivity contribution in [1.29, 1.82) is 0 Å². The molecule has 0 radical (unpaired) electrons. The summed E-state index contributed by atoms with van der Waals surface area (Å²) in [6.07, 6.45) is 0.918. The number of ether oxygens (including phenoxy) is 2. The standard InChI is InChI=1S/C34H44N4O6S/c1-3-36-45(41,42)31-16-11-27(12-17-31)13-18-33(39)38(26-29-9-14-30(43-2)15-10-29)32(25-28-7-5-4-6-8-28)34(40)35-19-20-37-21-23-44-24-22-37/h4-12,14-17,32,36H,3,13,18-26H2,1-2H3,(H,35,40). The summed E-state index contributed by atoms with van der Waals surface area (Å²) >= 11 is 0. The zero-order chi connectivity index (χ0) is 32.1. The zero-order valence-corrected chi connectivity index (χ0v) is 26.9. The Bertz CT molecular complexity index is 1460. The molecule has 1 aliphatic rings. The van der Waals surface area contributed by atoms with Crippen molar-refractivity contribution in [2.24, 2.45) is 0 Å². The van der Waals surface area contributed by atoms with Crippen LogP contribution < -0.4 is 14.8 Å². The van der Waals surface area contributed by atoms with Gasteiger partial charge in [-0.3, -0.25) is 14.5 Å². The molecule has 1 heterocycles. The molecule has 3 aromatic rings. The van der Waals surface area contributed by atoms with Crippen LogP contribution in [0.1, 0.15) is 30.0 Å². The summed E-state index contributed by atoms with van der Waals surface area (Å²) in [7, 11) is -1.96. The number of methoxy groups -OCH3 is 1. The second-order valence-corrected chi connectivity index (χ2v) is 12.7. The molecule has 2 amide bonds. The first-order valence-corrected chi connectivity index (χ1v) is 16.9. The molecule has 2 N–H and O–H groups in total. The van der Waals surface area contributed by atoms with Crippen LogP contribution in [0.4, 0.5) is 0 Å². The predicted octanol–water partition coefficient (Wildman–Crippen LogP) is 3.01. The van der Waals surface area contributed by atoms with Crippen molar-refractivity contribution in [2.75, 3.05) is 53.0 Å². The lowest BCUT2D eigenvalue weighted by Crippen LogP contribution is -2.52. The number of rotatable bonds is 16. The molecular formula is C34H44N4O6S. The van der Waals surface area contributed by atoms with Gasteiger partial charge in [0.15, 0.2) is 0 Å². The molecule has 3 aromatic carbocycles. The van der Waals surface area contributed by atoms with Crippen molar-refractivity contribution in [3.8, 4) is 5.75 Å². The molecule has 1 unspecified atom stereocenters. The lowest BCUT2D eigenvalue weighted by atomic mass is 10.0. The maximum absolute atomic E-state index is 14.0. The van der Waals surface area contributed by atoms with E-state index in [4.69, 9.17) is 9.47 Å². The van der Waals surface area contributed by atoms with Gasteiger partial charge >= 0.3 is 0 Å². The maximum atomic E-state index is 14.0. The number of nitrogens with one attached hydrogen (secondary N) is 2. The third kappa shape index (κ3) is 10.4. The topological polar surface area (TPSA) is 117 Å². The van der Waals surface area contributed by atoms with Gasteiger partial charge < -0.3 is 19.7 Å². The molecular weight excluding hydrogens is 592 g/mol. The Kier molecular flexibility index (Phi) is 12.9. The molecule has 4 rings (SSSR count). The summed E-state index contributed by atoms with van der Waals surface area (Å²) in [5, 5.41) is 3.10. The average Bonchev–Trinajstić information content (AvgIpc) is 3.06. The molecule has 0 bridgehead atoms. The smallest absolute Gasteiger partial charge is 0.243 e. The Morgan fingerprint density at radius 2 is 1.60 bits per heavy atom. The monoisotopic (exact) mass is 636 g/mol. The van der Waals surface area contributed by atoms with Crippen LogP contribution in [0.2, 0.25) is 0 Å². The minimum atomic E-state index is -3.56. The van der Waals surface area contributed by atoms with Crippen LogP contribution in [0.25, 0.3) is 0 Å². The van der Waals surface area contributed by atoms with E-state index in [1.165, 1.54) is 0 Å². The first-order chi connectivity index (χ1) is 21.8. The fraction of sp³-hybridized carbons (Fsp3) is 0.412. The normalized spacial score (nSPS) is 14.4. The number of benzene rings is 3. The Morgan fingerprint density at radius 1 is 0.933 bits per heavy atom. The highest BCUT2D eigenvalue weighted by molar-refractivity contribution is 7.89. The van der Waals surface area contributed by atoms with Gasteiger partial charge in [-0.15, -0.1) is 0 Å². The lowest BCUT2D eigenvalue weighted by Gasteiger charge is -2.32. The number of hydrogen-bond acceptors (Lipinski definition) is 7. The van der Waals surface area contributed by atoms with Crippen LogP contribution in [0, 0.1) is 0 Å². The molecule has 45 heavy (non-hydrogen) atoms. The van der Waals surface area contributed by atoms with E-state index in [0.717, 1.165) is 29.8 Å². The minimum Gasteiger partial charge on any atom is -0.497 e. The molecule has 1 saturated heterocycles. The van der Waals surface area contributed by atoms with Gasteiger partial charge in [0.05, 0.1) is 25.2 Å². The van der Waals surface area contributed by atoms with Gasteiger partial charge in [-0.1, -0.05) is 61.5 Å². The summed E-state index contributed by atoms with van der Waals surface area (Å²) < 4.78 is 37.9. The van der Waals surface area contributed by atoms with Gasteiger partial charge in [0.25, 0.3) is 0 Å². The van der Waals surface area contributed by atoms with E-state index < -0.39 is 16.1 Å². The van der Waals surface area contributed by atoms with E-state index in [1.54, 1.807) is 43.2 Å². The highest BCUT2D eigenvalue weighted by atomic mass is 32.2. The van der Waals surface area contributed by atoms with E-state index in [1.807, 2.05) is 54.6 Å². The summed E-state index contributed by atoms with van der Waals surface area (Å²) in [6.45, 7) is 6.47. The molecule has 1 atom stereocenters. The van der Waals surface area contributed by atoms with E-state index in [9.17, 15) is 18.0 Å². The SMILES string of the molecule is CCNS(=O)(=O)c1ccc(CCC(=O)N(Cc2ccc(OC)cc2)C(Cc2ccccc2)C(=O)NCCN2CCOCC2)cc1. The highest BCUT2D eigenvalue weighted by Crippen LogP contribution is 2.19. The van der Waals surface area contributed by atoms with Crippen molar-refractivity contribution < 1.29 is 27.5 Å². The number of morpholine rings is 1. The van der Waals surface area contributed by atoms with Crippen molar-refractivity contribution in [3.05, 3.63) is 95.6 Å². The molecule has 1 fully saturated rings. The van der Waals surface area contributed by atoms with Gasteiger partial charge in [-0.25, -0.2) is 13.1 Å². The first-order valence-electron chi connectivity index (χ1n) is 15.4. The van der Waals surface area contributed by atoms with Gasteiger partial charge in [0.1, 0.15) is 11.8 Å². The van der Waals surface area contributed by atoms with Crippen LogP contribution in [0.5, 0.6) is 5.75 Å². The van der Waals surface area contributed by atoms with Crippen LogP contribution in [-0.2, 0) is 43.7 Å². The molecule has 0 aliphatic carbocycles. The first kappa shape index (κ1) is 34.1.